The molecule has 0 saturated carbocycles. The van der Waals surface area contributed by atoms with E-state index in [4.69, 9.17) is 0 Å². The molecule has 3 heteroatoms. The lowest BCUT2D eigenvalue weighted by atomic mass is 10.1. The van der Waals surface area contributed by atoms with Crippen LogP contribution in [-0.2, 0) is 11.2 Å². The number of carbonyl (C=O) groups excluding carboxylic acids is 1. The van der Waals surface area contributed by atoms with Crippen LogP contribution in [-0.4, -0.2) is 29.0 Å². The lowest BCUT2D eigenvalue weighted by molar-refractivity contribution is -0.130. The SMILES string of the molecule is CC1=CCN(C(=O)Cc2cccc(O)c2)CC1. The summed E-state index contributed by atoms with van der Waals surface area (Å²) < 4.78 is 0. The summed E-state index contributed by atoms with van der Waals surface area (Å²) in [6.07, 6.45) is 3.43. The average molecular weight is 231 g/mol. The van der Waals surface area contributed by atoms with Gasteiger partial charge in [0.15, 0.2) is 0 Å². The Kier molecular flexibility index (Phi) is 3.47. The van der Waals surface area contributed by atoms with Gasteiger partial charge in [-0.2, -0.15) is 0 Å². The largest absolute Gasteiger partial charge is 0.508 e. The van der Waals surface area contributed by atoms with Crippen molar-refractivity contribution >= 4 is 5.91 Å². The number of phenolic OH excluding ortho intramolecular Hbond substituents is 1. The highest BCUT2D eigenvalue weighted by atomic mass is 16.3. The maximum atomic E-state index is 12.0. The summed E-state index contributed by atoms with van der Waals surface area (Å²) in [4.78, 5) is 13.9. The Morgan fingerprint density at radius 3 is 2.94 bits per heavy atom. The van der Waals surface area contributed by atoms with E-state index in [-0.39, 0.29) is 11.7 Å². The van der Waals surface area contributed by atoms with Crippen LogP contribution in [0.25, 0.3) is 0 Å². The normalized spacial score (nSPS) is 15.6. The molecule has 0 radical (unpaired) electrons. The van der Waals surface area contributed by atoms with Gasteiger partial charge in [-0.3, -0.25) is 4.79 Å². The molecule has 90 valence electrons. The third kappa shape index (κ3) is 3.09. The molecule has 3 nitrogen and oxygen atoms in total. The van der Waals surface area contributed by atoms with Gasteiger partial charge in [-0.05, 0) is 31.0 Å². The molecule has 2 rings (SSSR count). The van der Waals surface area contributed by atoms with E-state index in [0.29, 0.717) is 13.0 Å². The number of amides is 1. The van der Waals surface area contributed by atoms with Gasteiger partial charge >= 0.3 is 0 Å². The topological polar surface area (TPSA) is 40.5 Å². The molecular weight excluding hydrogens is 214 g/mol. The van der Waals surface area contributed by atoms with E-state index in [1.807, 2.05) is 11.0 Å². The number of carbonyl (C=O) groups is 1. The Morgan fingerprint density at radius 1 is 1.47 bits per heavy atom. The van der Waals surface area contributed by atoms with Gasteiger partial charge in [-0.25, -0.2) is 0 Å². The third-order valence-corrected chi connectivity index (χ3v) is 3.05. The van der Waals surface area contributed by atoms with E-state index in [1.165, 1.54) is 5.57 Å². The van der Waals surface area contributed by atoms with E-state index < -0.39 is 0 Å². The van der Waals surface area contributed by atoms with E-state index >= 15 is 0 Å². The molecule has 1 aliphatic heterocycles. The average Bonchev–Trinajstić information content (AvgIpc) is 2.29. The zero-order chi connectivity index (χ0) is 12.3. The first-order valence-corrected chi connectivity index (χ1v) is 5.86. The Bertz CT molecular complexity index is 451. The molecule has 1 N–H and O–H groups in total. The van der Waals surface area contributed by atoms with Gasteiger partial charge in [0.2, 0.25) is 5.91 Å². The van der Waals surface area contributed by atoms with Gasteiger partial charge in [0.1, 0.15) is 5.75 Å². The van der Waals surface area contributed by atoms with Gasteiger partial charge in [0.05, 0.1) is 6.42 Å². The number of hydrogen-bond acceptors (Lipinski definition) is 2. The van der Waals surface area contributed by atoms with Crippen LogP contribution in [0.15, 0.2) is 35.9 Å². The first kappa shape index (κ1) is 11.7. The lowest BCUT2D eigenvalue weighted by Gasteiger charge is -2.25. The summed E-state index contributed by atoms with van der Waals surface area (Å²) >= 11 is 0. The second kappa shape index (κ2) is 5.04. The second-order valence-corrected chi connectivity index (χ2v) is 4.49. The van der Waals surface area contributed by atoms with Crippen molar-refractivity contribution in [1.29, 1.82) is 0 Å². The second-order valence-electron chi connectivity index (χ2n) is 4.49. The van der Waals surface area contributed by atoms with Crippen LogP contribution in [0.5, 0.6) is 5.75 Å². The van der Waals surface area contributed by atoms with Crippen molar-refractivity contribution in [3.05, 3.63) is 41.5 Å². The zero-order valence-electron chi connectivity index (χ0n) is 10.0. The number of phenols is 1. The Labute approximate surface area is 101 Å². The van der Waals surface area contributed by atoms with Crippen LogP contribution in [0, 0.1) is 0 Å². The highest BCUT2D eigenvalue weighted by molar-refractivity contribution is 5.79. The van der Waals surface area contributed by atoms with Gasteiger partial charge < -0.3 is 10.0 Å². The van der Waals surface area contributed by atoms with Crippen molar-refractivity contribution in [2.24, 2.45) is 0 Å². The fourth-order valence-electron chi connectivity index (χ4n) is 1.95. The summed E-state index contributed by atoms with van der Waals surface area (Å²) in [5.74, 6) is 0.337. The highest BCUT2D eigenvalue weighted by Crippen LogP contribution is 2.14. The Hall–Kier alpha value is -1.77. The first-order valence-electron chi connectivity index (χ1n) is 5.86. The van der Waals surface area contributed by atoms with Crippen molar-refractivity contribution in [2.75, 3.05) is 13.1 Å². The standard InChI is InChI=1S/C14H17NO2/c1-11-5-7-15(8-6-11)14(17)10-12-3-2-4-13(16)9-12/h2-5,9,16H,6-8,10H2,1H3. The number of benzene rings is 1. The van der Waals surface area contributed by atoms with Crippen molar-refractivity contribution in [2.45, 2.75) is 19.8 Å². The van der Waals surface area contributed by atoms with E-state index in [2.05, 4.69) is 13.0 Å². The summed E-state index contributed by atoms with van der Waals surface area (Å²) in [5.41, 5.74) is 2.22. The summed E-state index contributed by atoms with van der Waals surface area (Å²) in [7, 11) is 0. The van der Waals surface area contributed by atoms with E-state index in [1.54, 1.807) is 18.2 Å². The molecule has 1 aromatic rings. The highest BCUT2D eigenvalue weighted by Gasteiger charge is 2.15. The number of nitrogens with zero attached hydrogens (tertiary/aromatic N) is 1. The number of rotatable bonds is 2. The molecule has 0 aliphatic carbocycles. The minimum absolute atomic E-state index is 0.124. The lowest BCUT2D eigenvalue weighted by Crippen LogP contribution is -2.35. The van der Waals surface area contributed by atoms with Gasteiger partial charge in [0.25, 0.3) is 0 Å². The third-order valence-electron chi connectivity index (χ3n) is 3.05. The van der Waals surface area contributed by atoms with Gasteiger partial charge in [-0.1, -0.05) is 23.8 Å². The Balaban J connectivity index is 1.98. The molecule has 17 heavy (non-hydrogen) atoms. The van der Waals surface area contributed by atoms with Crippen LogP contribution in [0.2, 0.25) is 0 Å². The summed E-state index contributed by atoms with van der Waals surface area (Å²) in [5, 5.41) is 9.34. The molecule has 0 unspecified atom stereocenters. The Morgan fingerprint density at radius 2 is 2.29 bits per heavy atom. The summed E-state index contributed by atoms with van der Waals surface area (Å²) in [6.45, 7) is 3.61. The fourth-order valence-corrected chi connectivity index (χ4v) is 1.95. The molecule has 1 heterocycles. The minimum Gasteiger partial charge on any atom is -0.508 e. The zero-order valence-corrected chi connectivity index (χ0v) is 10.0. The molecule has 0 spiro atoms. The molecule has 0 atom stereocenters. The van der Waals surface area contributed by atoms with Crippen LogP contribution >= 0.6 is 0 Å². The maximum absolute atomic E-state index is 12.0. The maximum Gasteiger partial charge on any atom is 0.227 e. The molecule has 1 amide bonds. The van der Waals surface area contributed by atoms with Crippen LogP contribution in [0.3, 0.4) is 0 Å². The molecular formula is C14H17NO2. The van der Waals surface area contributed by atoms with Crippen molar-refractivity contribution in [1.82, 2.24) is 4.90 Å². The van der Waals surface area contributed by atoms with Crippen molar-refractivity contribution < 1.29 is 9.90 Å². The van der Waals surface area contributed by atoms with E-state index in [9.17, 15) is 9.90 Å². The predicted molar refractivity (Wildman–Crippen MR) is 66.8 cm³/mol. The monoisotopic (exact) mass is 231 g/mol. The minimum atomic E-state index is 0.124. The molecule has 1 aliphatic rings. The number of hydrogen-bond donors (Lipinski definition) is 1. The van der Waals surface area contributed by atoms with Gasteiger partial charge in [0, 0.05) is 13.1 Å². The summed E-state index contributed by atoms with van der Waals surface area (Å²) in [6, 6.07) is 6.88. The molecule has 0 bridgehead atoms. The smallest absolute Gasteiger partial charge is 0.227 e. The van der Waals surface area contributed by atoms with Crippen LogP contribution in [0.1, 0.15) is 18.9 Å². The first-order chi connectivity index (χ1) is 8.15. The van der Waals surface area contributed by atoms with Crippen molar-refractivity contribution in [3.63, 3.8) is 0 Å². The quantitative estimate of drug-likeness (QED) is 0.792. The molecule has 0 fully saturated rings. The molecule has 0 aromatic heterocycles. The number of aromatic hydroxyl groups is 1. The van der Waals surface area contributed by atoms with Crippen molar-refractivity contribution in [3.8, 4) is 5.75 Å². The predicted octanol–water partition coefficient (Wildman–Crippen LogP) is 2.11. The van der Waals surface area contributed by atoms with E-state index in [0.717, 1.165) is 18.5 Å². The van der Waals surface area contributed by atoms with Crippen LogP contribution < -0.4 is 0 Å². The fraction of sp³-hybridized carbons (Fsp3) is 0.357. The molecule has 1 aromatic carbocycles. The van der Waals surface area contributed by atoms with Crippen LogP contribution in [0.4, 0.5) is 0 Å². The molecule has 0 saturated heterocycles. The van der Waals surface area contributed by atoms with Gasteiger partial charge in [-0.15, -0.1) is 0 Å².